The molecule has 3 aliphatic heterocycles. The normalized spacial score (nSPS) is 20.3. The van der Waals surface area contributed by atoms with E-state index < -0.39 is 0 Å². The number of carbonyl (C=O) groups is 3. The molecule has 4 N–H and O–H groups in total. The molecule has 0 bridgehead atoms. The second-order valence-corrected chi connectivity index (χ2v) is 14.7. The lowest BCUT2D eigenvalue weighted by Gasteiger charge is -2.35. The number of aromatic nitrogens is 2. The van der Waals surface area contributed by atoms with Crippen LogP contribution in [0.5, 0.6) is 0 Å². The number of carbonyl (C=O) groups excluding carboxylic acids is 3. The fourth-order valence-corrected chi connectivity index (χ4v) is 8.22. The minimum absolute atomic E-state index is 0.0534. The number of fused-ring (bicyclic) bond motifs is 1. The van der Waals surface area contributed by atoms with Crippen LogP contribution in [0.2, 0.25) is 0 Å². The Hall–Kier alpha value is -5.01. The van der Waals surface area contributed by atoms with Gasteiger partial charge in [-0.2, -0.15) is 11.8 Å². The first-order valence-electron chi connectivity index (χ1n) is 17.9. The van der Waals surface area contributed by atoms with Crippen LogP contribution in [0.15, 0.2) is 78.6 Å². The number of urea groups is 1. The van der Waals surface area contributed by atoms with E-state index in [1.54, 1.807) is 24.7 Å². The molecular weight excluding hydrogens is 675 g/mol. The number of amides is 4. The summed E-state index contributed by atoms with van der Waals surface area (Å²) in [5.41, 5.74) is 5.75. The number of thioether (sulfide) groups is 1. The number of rotatable bonds is 14. The summed E-state index contributed by atoms with van der Waals surface area (Å²) in [6.07, 6.45) is 10.1. The van der Waals surface area contributed by atoms with Gasteiger partial charge in [-0.1, -0.05) is 37.3 Å². The molecule has 3 saturated heterocycles. The Balaban J connectivity index is 0.930. The minimum Gasteiger partial charge on any atom is -0.340 e. The number of anilines is 3. The quantitative estimate of drug-likeness (QED) is 0.0934. The average Bonchev–Trinajstić information content (AvgIpc) is 3.71. The van der Waals surface area contributed by atoms with E-state index in [2.05, 4.69) is 47.7 Å². The van der Waals surface area contributed by atoms with E-state index >= 15 is 0 Å². The third-order valence-corrected chi connectivity index (χ3v) is 11.2. The largest absolute Gasteiger partial charge is 0.340 e. The molecule has 3 aromatic rings. The van der Waals surface area contributed by atoms with Gasteiger partial charge in [0.05, 0.1) is 17.8 Å². The molecule has 3 fully saturated rings. The van der Waals surface area contributed by atoms with Gasteiger partial charge in [0.1, 0.15) is 0 Å². The lowest BCUT2D eigenvalue weighted by atomic mass is 10.0. The van der Waals surface area contributed by atoms with Gasteiger partial charge in [-0.05, 0) is 73.7 Å². The third-order valence-electron chi connectivity index (χ3n) is 9.68. The zero-order valence-electron chi connectivity index (χ0n) is 29.8. The summed E-state index contributed by atoms with van der Waals surface area (Å²) >= 11 is 1.92. The summed E-state index contributed by atoms with van der Waals surface area (Å²) in [5.74, 6) is 1.44. The number of aryl methyl sites for hydroxylation is 1. The Morgan fingerprint density at radius 2 is 1.88 bits per heavy atom. The number of aliphatic imine (C=N–C) groups is 1. The summed E-state index contributed by atoms with van der Waals surface area (Å²) in [4.78, 5) is 55.1. The van der Waals surface area contributed by atoms with Crippen molar-refractivity contribution < 1.29 is 14.4 Å². The Bertz CT molecular complexity index is 1820. The average molecular weight is 722 g/mol. The van der Waals surface area contributed by atoms with Crippen LogP contribution < -0.4 is 21.3 Å². The van der Waals surface area contributed by atoms with E-state index in [4.69, 9.17) is 0 Å². The molecule has 0 unspecified atom stereocenters. The van der Waals surface area contributed by atoms with Crippen molar-refractivity contribution in [3.8, 4) is 0 Å². The molecule has 1 aromatic heterocycles. The number of unbranched alkanes of at least 4 members (excludes halogenated alkanes) is 1. The van der Waals surface area contributed by atoms with Crippen LogP contribution in [0.3, 0.4) is 0 Å². The molecule has 6 rings (SSSR count). The van der Waals surface area contributed by atoms with Gasteiger partial charge in [-0.3, -0.25) is 19.5 Å². The van der Waals surface area contributed by atoms with Crippen LogP contribution in [0, 0.1) is 6.92 Å². The summed E-state index contributed by atoms with van der Waals surface area (Å²) in [7, 11) is 0. The maximum Gasteiger partial charge on any atom is 0.315 e. The topological polar surface area (TPSA) is 144 Å². The summed E-state index contributed by atoms with van der Waals surface area (Å²) in [6, 6.07) is 15.6. The fourth-order valence-electron chi connectivity index (χ4n) is 6.68. The number of nitrogens with one attached hydrogen (secondary N) is 4. The number of allylic oxidation sites excluding steroid dienone is 2. The van der Waals surface area contributed by atoms with Crippen molar-refractivity contribution in [1.29, 1.82) is 0 Å². The van der Waals surface area contributed by atoms with E-state index in [1.165, 1.54) is 0 Å². The van der Waals surface area contributed by atoms with Gasteiger partial charge >= 0.3 is 6.03 Å². The molecule has 0 saturated carbocycles. The van der Waals surface area contributed by atoms with E-state index in [0.29, 0.717) is 28.9 Å². The molecule has 13 heteroatoms. The van der Waals surface area contributed by atoms with Gasteiger partial charge in [-0.15, -0.1) is 0 Å². The fraction of sp³-hybridized carbons (Fsp3) is 0.385. The number of nitrogens with zero attached hydrogens (tertiary/aromatic N) is 5. The summed E-state index contributed by atoms with van der Waals surface area (Å²) in [6.45, 7) is 11.4. The summed E-state index contributed by atoms with van der Waals surface area (Å²) in [5, 5.41) is 12.7. The van der Waals surface area contributed by atoms with Crippen LogP contribution in [-0.4, -0.2) is 93.1 Å². The predicted molar refractivity (Wildman–Crippen MR) is 209 cm³/mol. The monoisotopic (exact) mass is 721 g/mol. The minimum atomic E-state index is -0.193. The van der Waals surface area contributed by atoms with Crippen molar-refractivity contribution in [2.24, 2.45) is 4.99 Å². The van der Waals surface area contributed by atoms with Gasteiger partial charge in [0.15, 0.2) is 0 Å². The Labute approximate surface area is 309 Å². The molecule has 4 amide bonds. The molecule has 272 valence electrons. The van der Waals surface area contributed by atoms with Gasteiger partial charge in [0.25, 0.3) is 5.91 Å². The highest BCUT2D eigenvalue weighted by atomic mass is 32.2. The van der Waals surface area contributed by atoms with Crippen LogP contribution in [0.4, 0.5) is 22.1 Å². The van der Waals surface area contributed by atoms with Gasteiger partial charge in [-0.25, -0.2) is 14.8 Å². The third kappa shape index (κ3) is 9.65. The molecule has 3 aliphatic rings. The Morgan fingerprint density at radius 3 is 2.67 bits per heavy atom. The Kier molecular flexibility index (Phi) is 12.4. The lowest BCUT2D eigenvalue weighted by molar-refractivity contribution is -0.133. The number of piperazine rings is 1. The van der Waals surface area contributed by atoms with Gasteiger partial charge < -0.3 is 26.2 Å². The number of benzene rings is 2. The zero-order chi connectivity index (χ0) is 36.5. The van der Waals surface area contributed by atoms with Crippen LogP contribution >= 0.6 is 11.8 Å². The van der Waals surface area contributed by atoms with Crippen LogP contribution in [-0.2, 0) is 11.3 Å². The molecule has 0 aliphatic carbocycles. The van der Waals surface area contributed by atoms with E-state index in [9.17, 15) is 14.4 Å². The second kappa shape index (κ2) is 17.5. The lowest BCUT2D eigenvalue weighted by Crippen LogP contribution is -2.48. The molecule has 52 heavy (non-hydrogen) atoms. The highest BCUT2D eigenvalue weighted by molar-refractivity contribution is 8.00. The maximum absolute atomic E-state index is 13.2. The first-order chi connectivity index (χ1) is 25.2. The first-order valence-corrected chi connectivity index (χ1v) is 18.9. The molecule has 0 spiro atoms. The van der Waals surface area contributed by atoms with Crippen molar-refractivity contribution in [3.63, 3.8) is 0 Å². The van der Waals surface area contributed by atoms with Crippen molar-refractivity contribution >= 4 is 58.7 Å². The van der Waals surface area contributed by atoms with E-state index in [-0.39, 0.29) is 29.9 Å². The summed E-state index contributed by atoms with van der Waals surface area (Å²) < 4.78 is 0. The van der Waals surface area contributed by atoms with Crippen molar-refractivity contribution in [3.05, 3.63) is 96.0 Å². The standard InChI is InChI=1S/C39H47N9O3S/c1-4-16-40-23-27(3)31-15-17-41-38(43-31)44-32-22-30(14-9-26(32)2)42-37(50)29-12-10-28(11-13-29)24-47-18-20-48(21-19-47)35(49)8-6-5-7-34-36-33(25-52-34)45-39(51)46-36/h4,9-17,22-23,33-34,36H,1,5-8,18-21,24-25H2,2-3H3,(H,42,50)(H,41,43,44)(H2,45,46,51)/b27-23+,40-16-/t33-,34-,36-/m0/s1. The van der Waals surface area contributed by atoms with E-state index in [1.807, 2.05) is 79.0 Å². The molecule has 4 heterocycles. The van der Waals surface area contributed by atoms with Crippen molar-refractivity contribution in [2.75, 3.05) is 42.6 Å². The molecule has 0 radical (unpaired) electrons. The predicted octanol–water partition coefficient (Wildman–Crippen LogP) is 5.77. The van der Waals surface area contributed by atoms with Crippen molar-refractivity contribution in [2.45, 2.75) is 63.4 Å². The molecule has 2 aromatic carbocycles. The highest BCUT2D eigenvalue weighted by Gasteiger charge is 2.42. The highest BCUT2D eigenvalue weighted by Crippen LogP contribution is 2.33. The maximum atomic E-state index is 13.2. The molecule has 12 nitrogen and oxygen atoms in total. The Morgan fingerprint density at radius 1 is 1.08 bits per heavy atom. The van der Waals surface area contributed by atoms with Crippen LogP contribution in [0.1, 0.15) is 59.8 Å². The molecular formula is C39H47N9O3S. The second-order valence-electron chi connectivity index (χ2n) is 13.4. The first kappa shape index (κ1) is 36.8. The number of hydrogen-bond donors (Lipinski definition) is 4. The number of hydrogen-bond acceptors (Lipinski definition) is 9. The van der Waals surface area contributed by atoms with Gasteiger partial charge in [0.2, 0.25) is 11.9 Å². The van der Waals surface area contributed by atoms with Gasteiger partial charge in [0, 0.05) is 85.7 Å². The van der Waals surface area contributed by atoms with E-state index in [0.717, 1.165) is 85.8 Å². The zero-order valence-corrected chi connectivity index (χ0v) is 30.6. The van der Waals surface area contributed by atoms with Crippen molar-refractivity contribution in [1.82, 2.24) is 30.4 Å². The smallest absolute Gasteiger partial charge is 0.315 e. The SMILES string of the molecule is C=C/C=N\C=C(/C)c1ccnc(Nc2cc(NC(=O)c3ccc(CN4CCN(C(=O)CCCC[C@@H]5SC[C@@H]6NC(=O)N[C@@H]65)CC4)cc3)ccc2C)n1. The molecule has 3 atom stereocenters. The van der Waals surface area contributed by atoms with Crippen LogP contribution in [0.25, 0.3) is 5.57 Å².